The van der Waals surface area contributed by atoms with Gasteiger partial charge in [0.15, 0.2) is 5.78 Å². The number of carbonyl (C=O) groups is 2. The first kappa shape index (κ1) is 9.88. The van der Waals surface area contributed by atoms with Crippen molar-refractivity contribution in [3.05, 3.63) is 12.3 Å². The molecule has 0 aromatic carbocycles. The second-order valence-corrected chi connectivity index (χ2v) is 2.47. The molecule has 0 heterocycles. The molecule has 0 rings (SSSR count). The molecule has 0 N–H and O–H groups in total. The first-order valence-electron chi connectivity index (χ1n) is 3.41. The maximum atomic E-state index is 10.8. The maximum absolute atomic E-state index is 10.8. The molecular formula is C8H12O3. The van der Waals surface area contributed by atoms with Crippen molar-refractivity contribution in [2.45, 2.75) is 20.8 Å². The summed E-state index contributed by atoms with van der Waals surface area (Å²) in [5.41, 5.74) is 0. The minimum atomic E-state index is -0.419. The quantitative estimate of drug-likeness (QED) is 0.351. The summed E-state index contributed by atoms with van der Waals surface area (Å²) in [6.45, 7) is 4.84. The smallest absolute Gasteiger partial charge is 0.307 e. The highest BCUT2D eigenvalue weighted by Crippen LogP contribution is 1.95. The minimum absolute atomic E-state index is 0.0498. The van der Waals surface area contributed by atoms with Gasteiger partial charge in [-0.1, -0.05) is 13.8 Å². The Kier molecular flexibility index (Phi) is 4.18. The zero-order valence-electron chi connectivity index (χ0n) is 6.96. The van der Waals surface area contributed by atoms with Crippen molar-refractivity contribution in [1.29, 1.82) is 0 Å². The third kappa shape index (κ3) is 5.33. The average molecular weight is 156 g/mol. The van der Waals surface area contributed by atoms with Crippen LogP contribution in [-0.4, -0.2) is 11.8 Å². The van der Waals surface area contributed by atoms with E-state index in [1.807, 2.05) is 0 Å². The topological polar surface area (TPSA) is 43.4 Å². The molecule has 0 aromatic rings. The Morgan fingerprint density at radius 2 is 1.91 bits per heavy atom. The summed E-state index contributed by atoms with van der Waals surface area (Å²) in [4.78, 5) is 21.1. The number of allylic oxidation sites excluding steroid dienone is 1. The van der Waals surface area contributed by atoms with Crippen LogP contribution >= 0.6 is 0 Å². The Labute approximate surface area is 66.0 Å². The Bertz CT molecular complexity index is 180. The lowest BCUT2D eigenvalue weighted by atomic mass is 10.1. The van der Waals surface area contributed by atoms with Crippen molar-refractivity contribution in [2.75, 3.05) is 0 Å². The predicted molar refractivity (Wildman–Crippen MR) is 40.8 cm³/mol. The minimum Gasteiger partial charge on any atom is -0.435 e. The number of carbonyl (C=O) groups excluding carboxylic acids is 2. The molecule has 0 aliphatic carbocycles. The van der Waals surface area contributed by atoms with Crippen molar-refractivity contribution in [1.82, 2.24) is 0 Å². The molecule has 3 nitrogen and oxygen atoms in total. The zero-order chi connectivity index (χ0) is 8.85. The molecule has 0 bridgehead atoms. The fourth-order valence-corrected chi connectivity index (χ4v) is 0.389. The van der Waals surface area contributed by atoms with Crippen LogP contribution in [0.1, 0.15) is 20.8 Å². The second-order valence-electron chi connectivity index (χ2n) is 2.47. The van der Waals surface area contributed by atoms with Crippen LogP contribution in [0.25, 0.3) is 0 Å². The number of hydrogen-bond donors (Lipinski definition) is 0. The Morgan fingerprint density at radius 1 is 1.36 bits per heavy atom. The lowest BCUT2D eigenvalue weighted by Crippen LogP contribution is -2.02. The number of hydrogen-bond acceptors (Lipinski definition) is 3. The molecule has 0 saturated carbocycles. The van der Waals surface area contributed by atoms with Crippen LogP contribution in [0.5, 0.6) is 0 Å². The van der Waals surface area contributed by atoms with E-state index in [9.17, 15) is 9.59 Å². The molecule has 62 valence electrons. The number of ether oxygens (including phenoxy) is 1. The summed E-state index contributed by atoms with van der Waals surface area (Å²) in [5.74, 6) is -0.522. The molecule has 0 unspecified atom stereocenters. The van der Waals surface area contributed by atoms with E-state index in [4.69, 9.17) is 0 Å². The Balaban J connectivity index is 3.75. The lowest BCUT2D eigenvalue weighted by molar-refractivity contribution is -0.135. The van der Waals surface area contributed by atoms with Gasteiger partial charge in [0.25, 0.3) is 0 Å². The standard InChI is InChI=1S/C8H12O3/c1-6(2)8(10)4-5-11-7(3)9/h4-6H,1-3H3. The highest BCUT2D eigenvalue weighted by atomic mass is 16.5. The van der Waals surface area contributed by atoms with Crippen LogP contribution in [0.15, 0.2) is 12.3 Å². The van der Waals surface area contributed by atoms with E-state index in [2.05, 4.69) is 4.74 Å². The van der Waals surface area contributed by atoms with Crippen LogP contribution in [0.2, 0.25) is 0 Å². The summed E-state index contributed by atoms with van der Waals surface area (Å²) in [6, 6.07) is 0. The van der Waals surface area contributed by atoms with E-state index in [0.29, 0.717) is 0 Å². The van der Waals surface area contributed by atoms with Gasteiger partial charge in [-0.2, -0.15) is 0 Å². The molecular weight excluding hydrogens is 144 g/mol. The van der Waals surface area contributed by atoms with Gasteiger partial charge in [0.2, 0.25) is 0 Å². The first-order valence-corrected chi connectivity index (χ1v) is 3.41. The van der Waals surface area contributed by atoms with E-state index < -0.39 is 5.97 Å². The molecule has 0 fully saturated rings. The summed E-state index contributed by atoms with van der Waals surface area (Å²) in [7, 11) is 0. The van der Waals surface area contributed by atoms with Gasteiger partial charge >= 0.3 is 5.97 Å². The molecule has 0 aliphatic rings. The van der Waals surface area contributed by atoms with Crippen LogP contribution in [0, 0.1) is 5.92 Å². The van der Waals surface area contributed by atoms with Crippen molar-refractivity contribution in [3.63, 3.8) is 0 Å². The van der Waals surface area contributed by atoms with E-state index in [1.54, 1.807) is 13.8 Å². The first-order chi connectivity index (χ1) is 5.04. The molecule has 0 saturated heterocycles. The SMILES string of the molecule is CC(=O)OC=CC(=O)C(C)C. The Morgan fingerprint density at radius 3 is 2.27 bits per heavy atom. The Hall–Kier alpha value is -1.12. The molecule has 11 heavy (non-hydrogen) atoms. The molecule has 0 aliphatic heterocycles. The van der Waals surface area contributed by atoms with Gasteiger partial charge in [-0.15, -0.1) is 0 Å². The predicted octanol–water partition coefficient (Wildman–Crippen LogP) is 1.29. The number of esters is 1. The molecule has 3 heteroatoms. The normalized spacial score (nSPS) is 10.5. The van der Waals surface area contributed by atoms with E-state index >= 15 is 0 Å². The lowest BCUT2D eigenvalue weighted by Gasteiger charge is -1.95. The molecule has 0 amide bonds. The highest BCUT2D eigenvalue weighted by molar-refractivity contribution is 5.91. The van der Waals surface area contributed by atoms with Gasteiger partial charge in [-0.25, -0.2) is 0 Å². The van der Waals surface area contributed by atoms with E-state index in [0.717, 1.165) is 6.26 Å². The van der Waals surface area contributed by atoms with Gasteiger partial charge < -0.3 is 4.74 Å². The van der Waals surface area contributed by atoms with Crippen LogP contribution in [0.4, 0.5) is 0 Å². The van der Waals surface area contributed by atoms with Crippen molar-refractivity contribution in [2.24, 2.45) is 5.92 Å². The summed E-state index contributed by atoms with van der Waals surface area (Å²) >= 11 is 0. The van der Waals surface area contributed by atoms with E-state index in [-0.39, 0.29) is 11.7 Å². The monoisotopic (exact) mass is 156 g/mol. The van der Waals surface area contributed by atoms with E-state index in [1.165, 1.54) is 13.0 Å². The summed E-state index contributed by atoms with van der Waals surface area (Å²) in [5, 5.41) is 0. The average Bonchev–Trinajstić information content (AvgIpc) is 1.86. The summed E-state index contributed by atoms with van der Waals surface area (Å²) < 4.78 is 4.42. The fourth-order valence-electron chi connectivity index (χ4n) is 0.389. The van der Waals surface area contributed by atoms with Gasteiger partial charge in [0.05, 0.1) is 6.26 Å². The van der Waals surface area contributed by atoms with Crippen molar-refractivity contribution < 1.29 is 14.3 Å². The van der Waals surface area contributed by atoms with Crippen molar-refractivity contribution in [3.8, 4) is 0 Å². The molecule has 0 spiro atoms. The van der Waals surface area contributed by atoms with Crippen LogP contribution < -0.4 is 0 Å². The fraction of sp³-hybridized carbons (Fsp3) is 0.500. The number of rotatable bonds is 3. The maximum Gasteiger partial charge on any atom is 0.307 e. The van der Waals surface area contributed by atoms with Crippen LogP contribution in [0.3, 0.4) is 0 Å². The third-order valence-corrected chi connectivity index (χ3v) is 1.04. The largest absolute Gasteiger partial charge is 0.435 e. The van der Waals surface area contributed by atoms with Gasteiger partial charge in [0.1, 0.15) is 0 Å². The zero-order valence-corrected chi connectivity index (χ0v) is 6.96. The third-order valence-electron chi connectivity index (χ3n) is 1.04. The highest BCUT2D eigenvalue weighted by Gasteiger charge is 2.01. The van der Waals surface area contributed by atoms with Crippen molar-refractivity contribution >= 4 is 11.8 Å². The molecule has 0 atom stereocenters. The summed E-state index contributed by atoms with van der Waals surface area (Å²) in [6.07, 6.45) is 2.37. The van der Waals surface area contributed by atoms with Gasteiger partial charge in [0, 0.05) is 18.9 Å². The van der Waals surface area contributed by atoms with Gasteiger partial charge in [-0.05, 0) is 0 Å². The van der Waals surface area contributed by atoms with Gasteiger partial charge in [-0.3, -0.25) is 9.59 Å². The molecule has 0 radical (unpaired) electrons. The second kappa shape index (κ2) is 4.66. The number of ketones is 1. The molecule has 0 aromatic heterocycles. The van der Waals surface area contributed by atoms with Crippen LogP contribution in [-0.2, 0) is 14.3 Å².